The van der Waals surface area contributed by atoms with E-state index < -0.39 is 24.3 Å². The van der Waals surface area contributed by atoms with Crippen LogP contribution in [0.5, 0.6) is 0 Å². The van der Waals surface area contributed by atoms with Crippen molar-refractivity contribution in [1.29, 1.82) is 0 Å². The summed E-state index contributed by atoms with van der Waals surface area (Å²) >= 11 is 1.49. The number of nitrogens with two attached hydrogens (primary N) is 1. The second-order valence-corrected chi connectivity index (χ2v) is 5.19. The van der Waals surface area contributed by atoms with Gasteiger partial charge in [-0.2, -0.15) is 0 Å². The fourth-order valence-electron chi connectivity index (χ4n) is 1.51. The molecule has 0 spiro atoms. The third-order valence-corrected chi connectivity index (χ3v) is 3.37. The minimum Gasteiger partial charge on any atom is -0.480 e. The Kier molecular flexibility index (Phi) is 6.58. The van der Waals surface area contributed by atoms with Crippen molar-refractivity contribution in [1.82, 2.24) is 4.90 Å². The molecule has 20 heavy (non-hydrogen) atoms. The number of benzene rings is 1. The van der Waals surface area contributed by atoms with E-state index in [1.807, 2.05) is 30.3 Å². The maximum absolute atomic E-state index is 11.8. The maximum atomic E-state index is 11.8. The van der Waals surface area contributed by atoms with Crippen LogP contribution in [-0.2, 0) is 14.4 Å². The van der Waals surface area contributed by atoms with Crippen molar-refractivity contribution in [2.75, 3.05) is 18.8 Å². The predicted octanol–water partition coefficient (Wildman–Crippen LogP) is 0.567. The highest BCUT2D eigenvalue weighted by atomic mass is 32.2. The van der Waals surface area contributed by atoms with Gasteiger partial charge in [-0.05, 0) is 12.1 Å². The topological polar surface area (TPSA) is 101 Å². The summed E-state index contributed by atoms with van der Waals surface area (Å²) in [5.74, 6) is -1.78. The van der Waals surface area contributed by atoms with Crippen molar-refractivity contribution in [3.05, 3.63) is 30.3 Å². The lowest BCUT2D eigenvalue weighted by Gasteiger charge is -2.18. The Labute approximate surface area is 120 Å². The molecule has 1 rings (SSSR count). The van der Waals surface area contributed by atoms with Crippen molar-refractivity contribution in [3.63, 3.8) is 0 Å². The van der Waals surface area contributed by atoms with Crippen LogP contribution in [0.3, 0.4) is 0 Å². The summed E-state index contributed by atoms with van der Waals surface area (Å²) in [6.07, 6.45) is 0.153. The van der Waals surface area contributed by atoms with E-state index in [4.69, 9.17) is 10.8 Å². The van der Waals surface area contributed by atoms with Crippen LogP contribution >= 0.6 is 11.8 Å². The van der Waals surface area contributed by atoms with Crippen LogP contribution in [-0.4, -0.2) is 46.6 Å². The number of hydrogen-bond acceptors (Lipinski definition) is 4. The van der Waals surface area contributed by atoms with Crippen LogP contribution in [0.1, 0.15) is 6.42 Å². The molecule has 0 saturated carbocycles. The van der Waals surface area contributed by atoms with Crippen LogP contribution in [0.25, 0.3) is 0 Å². The molecule has 0 bridgehead atoms. The summed E-state index contributed by atoms with van der Waals surface area (Å²) in [5.41, 5.74) is 5.00. The fraction of sp³-hybridized carbons (Fsp3) is 0.308. The van der Waals surface area contributed by atoms with E-state index in [1.54, 1.807) is 0 Å². The van der Waals surface area contributed by atoms with Crippen molar-refractivity contribution in [3.8, 4) is 0 Å². The zero-order chi connectivity index (χ0) is 15.0. The predicted molar refractivity (Wildman–Crippen MR) is 75.2 cm³/mol. The van der Waals surface area contributed by atoms with Gasteiger partial charge in [-0.25, -0.2) is 0 Å². The second kappa shape index (κ2) is 8.21. The average Bonchev–Trinajstić information content (AvgIpc) is 2.38. The molecule has 0 heterocycles. The minimum absolute atomic E-state index is 0.153. The Bertz CT molecular complexity index is 463. The normalized spacial score (nSPS) is 10.0. The number of hydrogen-bond donors (Lipinski definition) is 2. The lowest BCUT2D eigenvalue weighted by atomic mass is 10.3. The van der Waals surface area contributed by atoms with Gasteiger partial charge < -0.3 is 15.7 Å². The quantitative estimate of drug-likeness (QED) is 0.683. The number of carboxylic acid groups (broad SMARTS) is 1. The number of thioether (sulfide) groups is 1. The van der Waals surface area contributed by atoms with Crippen LogP contribution in [0.15, 0.2) is 35.2 Å². The molecule has 1 aromatic rings. The molecule has 0 aliphatic heterocycles. The van der Waals surface area contributed by atoms with Gasteiger partial charge in [0.2, 0.25) is 11.8 Å². The standard InChI is InChI=1S/C13H16N2O4S/c14-11(16)8-15(9-13(18)19)12(17)6-7-20-10-4-2-1-3-5-10/h1-5H,6-9H2,(H2,14,16)(H,18,19). The van der Waals surface area contributed by atoms with Crippen molar-refractivity contribution in [2.24, 2.45) is 5.73 Å². The SMILES string of the molecule is NC(=O)CN(CC(=O)O)C(=O)CCSc1ccccc1. The number of rotatable bonds is 8. The number of amides is 2. The molecule has 1 aromatic carbocycles. The van der Waals surface area contributed by atoms with Gasteiger partial charge in [-0.3, -0.25) is 14.4 Å². The monoisotopic (exact) mass is 296 g/mol. The summed E-state index contributed by atoms with van der Waals surface area (Å²) in [4.78, 5) is 35.3. The van der Waals surface area contributed by atoms with Crippen molar-refractivity contribution < 1.29 is 19.5 Å². The number of primary amides is 1. The Balaban J connectivity index is 2.45. The van der Waals surface area contributed by atoms with Gasteiger partial charge in [0.25, 0.3) is 0 Å². The minimum atomic E-state index is -1.17. The smallest absolute Gasteiger partial charge is 0.323 e. The molecule has 0 atom stereocenters. The van der Waals surface area contributed by atoms with Gasteiger partial charge in [0.15, 0.2) is 0 Å². The van der Waals surface area contributed by atoms with Gasteiger partial charge in [0, 0.05) is 17.1 Å². The molecular formula is C13H16N2O4S. The first-order chi connectivity index (χ1) is 9.49. The van der Waals surface area contributed by atoms with Crippen LogP contribution in [0, 0.1) is 0 Å². The molecule has 0 unspecified atom stereocenters. The van der Waals surface area contributed by atoms with Gasteiger partial charge >= 0.3 is 5.97 Å². The fourth-order valence-corrected chi connectivity index (χ4v) is 2.38. The first kappa shape index (κ1) is 16.0. The number of nitrogens with zero attached hydrogens (tertiary/aromatic N) is 1. The van der Waals surface area contributed by atoms with E-state index in [0.717, 1.165) is 9.80 Å². The maximum Gasteiger partial charge on any atom is 0.323 e. The Morgan fingerprint density at radius 3 is 2.35 bits per heavy atom. The molecule has 0 saturated heterocycles. The lowest BCUT2D eigenvalue weighted by Crippen LogP contribution is -2.41. The molecule has 7 heteroatoms. The summed E-state index contributed by atoms with van der Waals surface area (Å²) in [6.45, 7) is -0.890. The first-order valence-electron chi connectivity index (χ1n) is 5.94. The van der Waals surface area contributed by atoms with E-state index in [0.29, 0.717) is 5.75 Å². The van der Waals surface area contributed by atoms with Crippen molar-refractivity contribution >= 4 is 29.5 Å². The molecule has 108 valence electrons. The number of carbonyl (C=O) groups excluding carboxylic acids is 2. The summed E-state index contributed by atoms with van der Waals surface area (Å²) < 4.78 is 0. The lowest BCUT2D eigenvalue weighted by molar-refractivity contribution is -0.145. The van der Waals surface area contributed by atoms with Crippen molar-refractivity contribution in [2.45, 2.75) is 11.3 Å². The highest BCUT2D eigenvalue weighted by molar-refractivity contribution is 7.99. The summed E-state index contributed by atoms with van der Waals surface area (Å²) in [5, 5.41) is 8.70. The van der Waals surface area contributed by atoms with Gasteiger partial charge in [0.05, 0.1) is 6.54 Å². The van der Waals surface area contributed by atoms with Crippen LogP contribution in [0.2, 0.25) is 0 Å². The Hall–Kier alpha value is -2.02. The molecule has 6 nitrogen and oxygen atoms in total. The Morgan fingerprint density at radius 1 is 1.15 bits per heavy atom. The molecule has 0 radical (unpaired) electrons. The van der Waals surface area contributed by atoms with Gasteiger partial charge in [0.1, 0.15) is 6.54 Å². The molecule has 0 aromatic heterocycles. The number of aliphatic carboxylic acids is 1. The highest BCUT2D eigenvalue weighted by Crippen LogP contribution is 2.18. The molecular weight excluding hydrogens is 280 g/mol. The number of carbonyl (C=O) groups is 3. The largest absolute Gasteiger partial charge is 0.480 e. The molecule has 0 aliphatic carbocycles. The van der Waals surface area contributed by atoms with E-state index in [2.05, 4.69) is 0 Å². The molecule has 0 aliphatic rings. The number of carboxylic acids is 1. The molecule has 2 amide bonds. The third kappa shape index (κ3) is 6.24. The van der Waals surface area contributed by atoms with Crippen LogP contribution in [0.4, 0.5) is 0 Å². The summed E-state index contributed by atoms with van der Waals surface area (Å²) in [6, 6.07) is 9.54. The summed E-state index contributed by atoms with van der Waals surface area (Å²) in [7, 11) is 0. The van der Waals surface area contributed by atoms with E-state index in [1.165, 1.54) is 11.8 Å². The van der Waals surface area contributed by atoms with Gasteiger partial charge in [-0.15, -0.1) is 11.8 Å². The highest BCUT2D eigenvalue weighted by Gasteiger charge is 2.18. The van der Waals surface area contributed by atoms with E-state index >= 15 is 0 Å². The van der Waals surface area contributed by atoms with E-state index in [-0.39, 0.29) is 13.0 Å². The zero-order valence-corrected chi connectivity index (χ0v) is 11.6. The van der Waals surface area contributed by atoms with E-state index in [9.17, 15) is 14.4 Å². The second-order valence-electron chi connectivity index (χ2n) is 4.02. The Morgan fingerprint density at radius 2 is 1.80 bits per heavy atom. The van der Waals surface area contributed by atoms with Crippen LogP contribution < -0.4 is 5.73 Å². The molecule has 3 N–H and O–H groups in total. The molecule has 0 fully saturated rings. The average molecular weight is 296 g/mol. The zero-order valence-electron chi connectivity index (χ0n) is 10.8. The first-order valence-corrected chi connectivity index (χ1v) is 6.93. The third-order valence-electron chi connectivity index (χ3n) is 2.35. The van der Waals surface area contributed by atoms with Gasteiger partial charge in [-0.1, -0.05) is 18.2 Å².